The van der Waals surface area contributed by atoms with Gasteiger partial charge in [0.2, 0.25) is 50.2 Å². The van der Waals surface area contributed by atoms with Gasteiger partial charge in [0, 0.05) is 68.2 Å². The molecular formula is C60H80O12. The van der Waals surface area contributed by atoms with Gasteiger partial charge in [0.05, 0.1) is 0 Å². The Morgan fingerprint density at radius 3 is 0.611 bits per heavy atom. The normalized spacial score (nSPS) is 18.8. The highest BCUT2D eigenvalue weighted by atomic mass is 16.7. The molecule has 0 saturated carbocycles. The second-order valence-electron chi connectivity index (χ2n) is 20.9. The molecule has 4 aliphatic heterocycles. The molecule has 8 bridgehead atoms. The molecule has 5 aliphatic rings. The lowest BCUT2D eigenvalue weighted by Crippen LogP contribution is -2.23. The highest BCUT2D eigenvalue weighted by Gasteiger charge is 2.42. The van der Waals surface area contributed by atoms with Crippen LogP contribution in [0.2, 0.25) is 0 Å². The Hall–Kier alpha value is -5.52. The predicted molar refractivity (Wildman–Crippen MR) is 278 cm³/mol. The third kappa shape index (κ3) is 10.3. The maximum atomic E-state index is 12.7. The van der Waals surface area contributed by atoms with E-state index >= 15 is 0 Å². The van der Waals surface area contributed by atoms with E-state index in [-0.39, 0.29) is 96.2 Å². The minimum Gasteiger partial charge on any atom is -0.502 e. The molecule has 1 aliphatic carbocycles. The molecule has 0 radical (unpaired) electrons. The monoisotopic (exact) mass is 993 g/mol. The minimum atomic E-state index is -0.405. The fourth-order valence-corrected chi connectivity index (χ4v) is 12.3. The Bertz CT molecular complexity index is 2040. The minimum absolute atomic E-state index is 0.128. The van der Waals surface area contributed by atoms with E-state index in [1.807, 2.05) is 0 Å². The van der Waals surface area contributed by atoms with Crippen molar-refractivity contribution in [3.05, 3.63) is 68.8 Å². The van der Waals surface area contributed by atoms with Crippen molar-refractivity contribution in [2.45, 2.75) is 205 Å². The van der Waals surface area contributed by atoms with E-state index in [4.69, 9.17) is 37.9 Å². The van der Waals surface area contributed by atoms with Crippen LogP contribution in [0.5, 0.6) is 69.0 Å². The zero-order chi connectivity index (χ0) is 50.1. The molecule has 392 valence electrons. The molecular weight excluding hydrogens is 913 g/mol. The number of phenols is 4. The third-order valence-corrected chi connectivity index (χ3v) is 16.1. The fraction of sp³-hybridized carbons (Fsp3) is 0.600. The van der Waals surface area contributed by atoms with Crippen molar-refractivity contribution in [3.63, 3.8) is 0 Å². The summed E-state index contributed by atoms with van der Waals surface area (Å²) in [5.74, 6) is 0.0489. The summed E-state index contributed by atoms with van der Waals surface area (Å²) in [4.78, 5) is 0. The largest absolute Gasteiger partial charge is 0.502 e. The molecule has 4 aromatic rings. The van der Waals surface area contributed by atoms with Crippen LogP contribution in [0.4, 0.5) is 0 Å². The van der Waals surface area contributed by atoms with Gasteiger partial charge in [-0.2, -0.15) is 0 Å². The second-order valence-corrected chi connectivity index (χ2v) is 20.9. The van der Waals surface area contributed by atoms with Gasteiger partial charge < -0.3 is 58.3 Å². The van der Waals surface area contributed by atoms with Crippen molar-refractivity contribution < 1.29 is 58.3 Å². The Morgan fingerprint density at radius 1 is 0.278 bits per heavy atom. The SMILES string of the molecule is CCCCCCCC1c2cc3c4c(O)c2OCOc2c1cc1c(c2O)OCOc2c(cc5c(c2O)OCOc2c(cc(c(c2O)OCO4)C3CCCCCCC)C5CCCCCCC)C1CCCCCCC. The van der Waals surface area contributed by atoms with Crippen LogP contribution in [0.1, 0.15) is 250 Å². The van der Waals surface area contributed by atoms with Gasteiger partial charge in [0.1, 0.15) is 0 Å². The van der Waals surface area contributed by atoms with Crippen LogP contribution in [0, 0.1) is 0 Å². The van der Waals surface area contributed by atoms with Crippen molar-refractivity contribution >= 4 is 0 Å². The van der Waals surface area contributed by atoms with Crippen molar-refractivity contribution in [1.29, 1.82) is 0 Å². The second kappa shape index (κ2) is 24.0. The molecule has 0 unspecified atom stereocenters. The molecule has 0 saturated heterocycles. The Balaban J connectivity index is 1.37. The van der Waals surface area contributed by atoms with Gasteiger partial charge in [-0.05, 0) is 49.9 Å². The topological polar surface area (TPSA) is 155 Å². The molecule has 9 rings (SSSR count). The quantitative estimate of drug-likeness (QED) is 0.0494. The fourth-order valence-electron chi connectivity index (χ4n) is 12.3. The van der Waals surface area contributed by atoms with Gasteiger partial charge in [0.25, 0.3) is 0 Å². The zero-order valence-electron chi connectivity index (χ0n) is 43.5. The molecule has 0 atom stereocenters. The van der Waals surface area contributed by atoms with Gasteiger partial charge >= 0.3 is 0 Å². The lowest BCUT2D eigenvalue weighted by Gasteiger charge is -2.36. The number of phenolic OH excluding ortho intramolecular Hbond substituents is 4. The molecule has 0 amide bonds. The highest BCUT2D eigenvalue weighted by Crippen LogP contribution is 2.62. The summed E-state index contributed by atoms with van der Waals surface area (Å²) in [6.45, 7) is 7.65. The first-order chi connectivity index (χ1) is 35.3. The smallest absolute Gasteiger partial charge is 0.231 e. The average Bonchev–Trinajstić information content (AvgIpc) is 3.35. The maximum absolute atomic E-state index is 12.7. The van der Waals surface area contributed by atoms with E-state index in [1.165, 1.54) is 0 Å². The Kier molecular flexibility index (Phi) is 17.1. The molecule has 0 aromatic heterocycles. The lowest BCUT2D eigenvalue weighted by atomic mass is 9.75. The van der Waals surface area contributed by atoms with Crippen LogP contribution < -0.4 is 37.9 Å². The number of unbranched alkanes of at least 4 members (excludes halogenated alkanes) is 16. The summed E-state index contributed by atoms with van der Waals surface area (Å²) in [7, 11) is 0. The highest BCUT2D eigenvalue weighted by molar-refractivity contribution is 5.72. The van der Waals surface area contributed by atoms with E-state index in [2.05, 4.69) is 52.0 Å². The molecule has 12 heteroatoms. The van der Waals surface area contributed by atoms with Crippen LogP contribution in [-0.4, -0.2) is 47.6 Å². The van der Waals surface area contributed by atoms with E-state index in [9.17, 15) is 20.4 Å². The number of hydrogen-bond acceptors (Lipinski definition) is 12. The summed E-state index contributed by atoms with van der Waals surface area (Å²) >= 11 is 0. The van der Waals surface area contributed by atoms with E-state index in [1.54, 1.807) is 0 Å². The van der Waals surface area contributed by atoms with E-state index in [0.29, 0.717) is 25.7 Å². The van der Waals surface area contributed by atoms with Crippen LogP contribution in [0.15, 0.2) is 24.3 Å². The number of benzene rings is 4. The van der Waals surface area contributed by atoms with Gasteiger partial charge in [-0.1, -0.05) is 156 Å². The third-order valence-electron chi connectivity index (χ3n) is 16.1. The predicted octanol–water partition coefficient (Wildman–Crippen LogP) is 15.7. The summed E-state index contributed by atoms with van der Waals surface area (Å²) in [5.41, 5.74) is 6.20. The average molecular weight is 993 g/mol. The number of ether oxygens (including phenoxy) is 8. The van der Waals surface area contributed by atoms with Crippen molar-refractivity contribution in [2.75, 3.05) is 27.2 Å². The molecule has 4 aromatic carbocycles. The van der Waals surface area contributed by atoms with Gasteiger partial charge in [0.15, 0.2) is 46.0 Å². The molecule has 72 heavy (non-hydrogen) atoms. The maximum Gasteiger partial charge on any atom is 0.231 e. The van der Waals surface area contributed by atoms with Crippen molar-refractivity contribution in [2.24, 2.45) is 0 Å². The first-order valence-electron chi connectivity index (χ1n) is 27.9. The summed E-state index contributed by atoms with van der Waals surface area (Å²) in [6.07, 6.45) is 23.6. The zero-order valence-corrected chi connectivity index (χ0v) is 43.5. The van der Waals surface area contributed by atoms with Crippen molar-refractivity contribution in [3.8, 4) is 69.0 Å². The van der Waals surface area contributed by atoms with E-state index < -0.39 is 23.7 Å². The van der Waals surface area contributed by atoms with E-state index in [0.717, 1.165) is 173 Å². The molecule has 0 fully saturated rings. The van der Waals surface area contributed by atoms with Gasteiger partial charge in [-0.25, -0.2) is 0 Å². The first-order valence-corrected chi connectivity index (χ1v) is 27.9. The Labute approximate surface area is 427 Å². The number of aromatic hydroxyl groups is 4. The van der Waals surface area contributed by atoms with Crippen LogP contribution >= 0.6 is 0 Å². The molecule has 4 N–H and O–H groups in total. The van der Waals surface area contributed by atoms with Crippen molar-refractivity contribution in [1.82, 2.24) is 0 Å². The van der Waals surface area contributed by atoms with Gasteiger partial charge in [-0.3, -0.25) is 0 Å². The molecule has 12 nitrogen and oxygen atoms in total. The molecule has 4 heterocycles. The summed E-state index contributed by atoms with van der Waals surface area (Å²) < 4.78 is 51.8. The number of hydrogen-bond donors (Lipinski definition) is 4. The summed E-state index contributed by atoms with van der Waals surface area (Å²) in [5, 5.41) is 50.8. The Morgan fingerprint density at radius 2 is 0.444 bits per heavy atom. The van der Waals surface area contributed by atoms with Crippen LogP contribution in [0.25, 0.3) is 0 Å². The standard InChI is InChI=1S/C60H80O12/c1-5-9-13-17-21-25-37-41-29-43-38(26-22-18-14-10-6-2)45-31-47-40(28-24-20-16-12-8-4)48-32-46-39(27-23-19-15-11-7-3)44-30-42(37)54-50(62)56(44)68-35-70-58(46)52(64)60(48)72-36-71-59(47)51(63)57(45)69-34-67-55(43)49(61)53(41)65-33-66-54/h29-32,37-40,61-64H,5-28,33-36H2,1-4H3. The van der Waals surface area contributed by atoms with Crippen LogP contribution in [0.3, 0.4) is 0 Å². The van der Waals surface area contributed by atoms with Gasteiger partial charge in [-0.15, -0.1) is 0 Å². The number of rotatable bonds is 24. The van der Waals surface area contributed by atoms with Crippen LogP contribution in [-0.2, 0) is 0 Å². The lowest BCUT2D eigenvalue weighted by molar-refractivity contribution is 0.0865. The first kappa shape index (κ1) is 51.4. The molecule has 0 spiro atoms. The summed E-state index contributed by atoms with van der Waals surface area (Å²) in [6, 6.07) is 8.66.